The van der Waals surface area contributed by atoms with Crippen LogP contribution in [0, 0.1) is 5.92 Å². The third kappa shape index (κ3) is 5.18. The van der Waals surface area contributed by atoms with Gasteiger partial charge in [-0.1, -0.05) is 130 Å². The number of benzene rings is 2. The van der Waals surface area contributed by atoms with Gasteiger partial charge in [-0.25, -0.2) is 0 Å². The van der Waals surface area contributed by atoms with E-state index in [2.05, 4.69) is 114 Å². The van der Waals surface area contributed by atoms with Gasteiger partial charge in [0.15, 0.2) is 0 Å². The van der Waals surface area contributed by atoms with Crippen molar-refractivity contribution in [3.8, 4) is 0 Å². The minimum Gasteiger partial charge on any atom is -0.0955 e. The first-order valence-corrected chi connectivity index (χ1v) is 14.5. The highest BCUT2D eigenvalue weighted by atomic mass is 14.4. The first-order chi connectivity index (χ1) is 18.8. The molecule has 0 aliphatic heterocycles. The first kappa shape index (κ1) is 26.9. The summed E-state index contributed by atoms with van der Waals surface area (Å²) in [6.07, 6.45) is 14.6. The molecular weight excluding hydrogens is 468 g/mol. The second-order valence-corrected chi connectivity index (χ2v) is 11.5. The van der Waals surface area contributed by atoms with Gasteiger partial charge in [0.25, 0.3) is 0 Å². The third-order valence-electron chi connectivity index (χ3n) is 8.72. The quantitative estimate of drug-likeness (QED) is 0.331. The summed E-state index contributed by atoms with van der Waals surface area (Å²) in [7, 11) is 0. The van der Waals surface area contributed by atoms with Gasteiger partial charge in [-0.3, -0.25) is 0 Å². The third-order valence-corrected chi connectivity index (χ3v) is 8.72. The molecule has 0 N–H and O–H groups in total. The molecule has 0 radical (unpaired) electrons. The summed E-state index contributed by atoms with van der Waals surface area (Å²) in [5.41, 5.74) is 17.4. The summed E-state index contributed by atoms with van der Waals surface area (Å²) in [4.78, 5) is 0. The molecule has 3 aliphatic rings. The van der Waals surface area contributed by atoms with Crippen molar-refractivity contribution < 1.29 is 0 Å². The second kappa shape index (κ2) is 11.2. The molecule has 2 aromatic carbocycles. The molecule has 3 aliphatic carbocycles. The maximum absolute atomic E-state index is 4.73. The van der Waals surface area contributed by atoms with Gasteiger partial charge < -0.3 is 0 Å². The molecule has 2 atom stereocenters. The van der Waals surface area contributed by atoms with E-state index < -0.39 is 0 Å². The Hall–Kier alpha value is -3.64. The molecule has 2 unspecified atom stereocenters. The molecule has 0 amide bonds. The Morgan fingerprint density at radius 3 is 2.38 bits per heavy atom. The summed E-state index contributed by atoms with van der Waals surface area (Å²) < 4.78 is 0. The predicted octanol–water partition coefficient (Wildman–Crippen LogP) is 10.9. The molecule has 198 valence electrons. The van der Waals surface area contributed by atoms with Crippen molar-refractivity contribution in [3.05, 3.63) is 154 Å². The topological polar surface area (TPSA) is 0 Å². The van der Waals surface area contributed by atoms with Crippen molar-refractivity contribution in [2.45, 2.75) is 65.7 Å². The van der Waals surface area contributed by atoms with Crippen LogP contribution in [0.1, 0.15) is 81.5 Å². The molecule has 0 bridgehead atoms. The minimum absolute atomic E-state index is 0.280. The lowest BCUT2D eigenvalue weighted by atomic mass is 9.69. The predicted molar refractivity (Wildman–Crippen MR) is 171 cm³/mol. The van der Waals surface area contributed by atoms with E-state index in [1.165, 1.54) is 66.8 Å². The van der Waals surface area contributed by atoms with E-state index in [0.29, 0.717) is 5.92 Å². The Labute approximate surface area is 236 Å². The lowest BCUT2D eigenvalue weighted by molar-refractivity contribution is 0.619. The molecule has 39 heavy (non-hydrogen) atoms. The van der Waals surface area contributed by atoms with Gasteiger partial charge in [-0.2, -0.15) is 0 Å². The number of allylic oxidation sites excluding steroid dienone is 13. The van der Waals surface area contributed by atoms with E-state index in [1.807, 2.05) is 0 Å². The molecule has 5 rings (SSSR count). The molecule has 0 aromatic heterocycles. The highest BCUT2D eigenvalue weighted by Gasteiger charge is 2.41. The average Bonchev–Trinajstić information content (AvgIpc) is 3.52. The highest BCUT2D eigenvalue weighted by Crippen LogP contribution is 2.55. The van der Waals surface area contributed by atoms with E-state index >= 15 is 0 Å². The van der Waals surface area contributed by atoms with Crippen LogP contribution >= 0.6 is 0 Å². The largest absolute Gasteiger partial charge is 0.0955 e. The van der Waals surface area contributed by atoms with Crippen LogP contribution in [0.25, 0.3) is 11.1 Å². The monoisotopic (exact) mass is 510 g/mol. The van der Waals surface area contributed by atoms with Gasteiger partial charge in [0.1, 0.15) is 0 Å². The Bertz CT molecular complexity index is 1490. The zero-order valence-electron chi connectivity index (χ0n) is 24.2. The van der Waals surface area contributed by atoms with Crippen LogP contribution < -0.4 is 0 Å². The molecule has 1 fully saturated rings. The number of hydrogen-bond donors (Lipinski definition) is 0. The molecule has 0 heterocycles. The number of fused-ring (bicyclic) bond motifs is 1. The average molecular weight is 511 g/mol. The van der Waals surface area contributed by atoms with E-state index in [-0.39, 0.29) is 5.92 Å². The van der Waals surface area contributed by atoms with Crippen LogP contribution in [0.2, 0.25) is 0 Å². The fraction of sp³-hybridized carbons (Fsp3) is 0.282. The van der Waals surface area contributed by atoms with Crippen LogP contribution in [-0.4, -0.2) is 0 Å². The Morgan fingerprint density at radius 2 is 1.69 bits per heavy atom. The van der Waals surface area contributed by atoms with Gasteiger partial charge in [0, 0.05) is 11.8 Å². The Kier molecular flexibility index (Phi) is 7.76. The SMILES string of the molecule is C=C(CCC)C1=C(C)C=C2CC(=CC3=CC=C(c4ccccc4C(=C)C)C3)C(=C)C2C1c1ccc(CC)cc1. The normalized spacial score (nSPS) is 21.6. The van der Waals surface area contributed by atoms with Crippen LogP contribution in [-0.2, 0) is 6.42 Å². The Morgan fingerprint density at radius 1 is 0.949 bits per heavy atom. The highest BCUT2D eigenvalue weighted by molar-refractivity contribution is 5.82. The minimum atomic E-state index is 0.280. The van der Waals surface area contributed by atoms with Gasteiger partial charge >= 0.3 is 0 Å². The number of hydrogen-bond acceptors (Lipinski definition) is 0. The maximum atomic E-state index is 4.73. The van der Waals surface area contributed by atoms with E-state index in [9.17, 15) is 0 Å². The zero-order chi connectivity index (χ0) is 27.7. The van der Waals surface area contributed by atoms with Gasteiger partial charge in [0.2, 0.25) is 0 Å². The smallest absolute Gasteiger partial charge is 0.0201 e. The molecule has 0 heteroatoms. The van der Waals surface area contributed by atoms with Gasteiger partial charge in [-0.15, -0.1) is 0 Å². The van der Waals surface area contributed by atoms with Gasteiger partial charge in [0.05, 0.1) is 0 Å². The van der Waals surface area contributed by atoms with Crippen LogP contribution in [0.3, 0.4) is 0 Å². The Balaban J connectivity index is 1.45. The number of rotatable bonds is 8. The fourth-order valence-corrected chi connectivity index (χ4v) is 6.78. The van der Waals surface area contributed by atoms with E-state index in [0.717, 1.165) is 37.7 Å². The summed E-state index contributed by atoms with van der Waals surface area (Å²) in [5.74, 6) is 0.580. The molecule has 0 spiro atoms. The van der Waals surface area contributed by atoms with Crippen LogP contribution in [0.5, 0.6) is 0 Å². The van der Waals surface area contributed by atoms with Crippen molar-refractivity contribution >= 4 is 11.1 Å². The van der Waals surface area contributed by atoms with Crippen LogP contribution in [0.4, 0.5) is 0 Å². The van der Waals surface area contributed by atoms with Crippen molar-refractivity contribution in [2.75, 3.05) is 0 Å². The number of aryl methyl sites for hydroxylation is 1. The summed E-state index contributed by atoms with van der Waals surface area (Å²) in [6, 6.07) is 17.9. The lowest BCUT2D eigenvalue weighted by Gasteiger charge is -2.34. The summed E-state index contributed by atoms with van der Waals surface area (Å²) >= 11 is 0. The van der Waals surface area contributed by atoms with Gasteiger partial charge in [-0.05, 0) is 95.2 Å². The first-order valence-electron chi connectivity index (χ1n) is 14.5. The van der Waals surface area contributed by atoms with Crippen molar-refractivity contribution in [1.29, 1.82) is 0 Å². The maximum Gasteiger partial charge on any atom is 0.0201 e. The molecule has 0 nitrogen and oxygen atoms in total. The van der Waals surface area contributed by atoms with E-state index in [4.69, 9.17) is 6.58 Å². The standard InChI is InChI=1S/C39H42/c1-8-12-26(5)37-27(6)21-34-24-33(28(7)38(34)39(37)31-18-15-29(9-2)16-19-31)23-30-17-20-32(22-30)36-14-11-10-13-35(36)25(3)4/h10-11,13-21,23,38-39H,3,5,7-9,12,22,24H2,1-2,4,6H3. The van der Waals surface area contributed by atoms with E-state index in [1.54, 1.807) is 0 Å². The lowest BCUT2D eigenvalue weighted by Crippen LogP contribution is -2.21. The van der Waals surface area contributed by atoms with Crippen molar-refractivity contribution in [2.24, 2.45) is 5.92 Å². The van der Waals surface area contributed by atoms with Crippen molar-refractivity contribution in [3.63, 3.8) is 0 Å². The fourth-order valence-electron chi connectivity index (χ4n) is 6.78. The van der Waals surface area contributed by atoms with Crippen LogP contribution in [0.15, 0.2) is 132 Å². The molecule has 0 saturated heterocycles. The summed E-state index contributed by atoms with van der Waals surface area (Å²) in [6.45, 7) is 22.4. The van der Waals surface area contributed by atoms with Crippen molar-refractivity contribution in [1.82, 2.24) is 0 Å². The zero-order valence-corrected chi connectivity index (χ0v) is 24.2. The summed E-state index contributed by atoms with van der Waals surface area (Å²) in [5, 5.41) is 0. The second-order valence-electron chi connectivity index (χ2n) is 11.5. The molecule has 1 saturated carbocycles. The molecule has 2 aromatic rings. The molecular formula is C39H42.